The lowest BCUT2D eigenvalue weighted by atomic mass is 9.47. The number of fused-ring (bicyclic) bond motifs is 5. The highest BCUT2D eigenvalue weighted by Gasteiger charge is 2.59. The molecule has 0 aromatic rings. The molecule has 0 heterocycles. The topological polar surface area (TPSA) is 60.4 Å². The molecule has 0 aromatic carbocycles. The third-order valence-corrected chi connectivity index (χ3v) is 11.8. The predicted octanol–water partition coefficient (Wildman–Crippen LogP) is 6.25. The summed E-state index contributed by atoms with van der Waals surface area (Å²) in [4.78, 5) is 0. The van der Waals surface area contributed by atoms with Crippen molar-refractivity contribution in [2.45, 2.75) is 110 Å². The zero-order chi connectivity index (χ0) is 22.6. The van der Waals surface area contributed by atoms with Gasteiger partial charge in [0.1, 0.15) is 0 Å². The molecule has 1 N–H and O–H groups in total. The second-order valence-corrected chi connectivity index (χ2v) is 13.6. The fourth-order valence-corrected chi connectivity index (χ4v) is 9.71. The van der Waals surface area contributed by atoms with Crippen molar-refractivity contribution in [3.05, 3.63) is 11.6 Å². The van der Waals surface area contributed by atoms with Crippen molar-refractivity contribution in [1.82, 2.24) is 0 Å². The highest BCUT2D eigenvalue weighted by atomic mass is 32.2. The quantitative estimate of drug-likeness (QED) is 0.385. The molecule has 4 aliphatic rings. The number of aliphatic hydroxyl groups excluding tert-OH is 1. The Kier molecular flexibility index (Phi) is 6.85. The average Bonchev–Trinajstić information content (AvgIpc) is 3.05. The highest BCUT2D eigenvalue weighted by molar-refractivity contribution is 7.79. The molecule has 10 atom stereocenters. The normalized spacial score (nSPS) is 45.3. The number of hydrogen-bond acceptors (Lipinski definition) is 3. The van der Waals surface area contributed by atoms with Gasteiger partial charge >= 0.3 is 0 Å². The van der Waals surface area contributed by atoms with Crippen LogP contribution in [0.1, 0.15) is 98.8 Å². The summed E-state index contributed by atoms with van der Waals surface area (Å²) in [5, 5.41) is 10.0. The Morgan fingerprint density at radius 2 is 1.84 bits per heavy atom. The molecule has 0 saturated heterocycles. The fraction of sp³-hybridized carbons (Fsp3) is 0.926. The van der Waals surface area contributed by atoms with Crippen molar-refractivity contribution in [3.8, 4) is 0 Å². The molecular formula is C27H45O3S-. The highest BCUT2D eigenvalue weighted by Crippen LogP contribution is 2.67. The molecule has 3 fully saturated rings. The van der Waals surface area contributed by atoms with Crippen LogP contribution in [0.3, 0.4) is 0 Å². The average molecular weight is 450 g/mol. The van der Waals surface area contributed by atoms with Crippen LogP contribution in [0.5, 0.6) is 0 Å². The van der Waals surface area contributed by atoms with Crippen molar-refractivity contribution >= 4 is 11.1 Å². The van der Waals surface area contributed by atoms with E-state index in [1.807, 2.05) is 0 Å². The largest absolute Gasteiger partial charge is 0.772 e. The second kappa shape index (κ2) is 8.87. The van der Waals surface area contributed by atoms with Gasteiger partial charge in [-0.25, -0.2) is 0 Å². The molecule has 2 unspecified atom stereocenters. The first-order valence-electron chi connectivity index (χ1n) is 13.0. The molecule has 4 aliphatic carbocycles. The van der Waals surface area contributed by atoms with Gasteiger partial charge in [-0.3, -0.25) is 4.21 Å². The molecule has 0 bridgehead atoms. The van der Waals surface area contributed by atoms with E-state index in [4.69, 9.17) is 0 Å². The smallest absolute Gasteiger partial charge is 0.0577 e. The van der Waals surface area contributed by atoms with Gasteiger partial charge in [0.2, 0.25) is 0 Å². The Hall–Kier alpha value is -0.190. The summed E-state index contributed by atoms with van der Waals surface area (Å²) in [6.45, 7) is 11.6. The van der Waals surface area contributed by atoms with Crippen LogP contribution in [0, 0.1) is 46.3 Å². The third-order valence-electron chi connectivity index (χ3n) is 10.6. The SMILES string of the molecule is CC(C)CCC([C@@H](C)[C@H]1CC[C@H]2[C@@H]3CC=C4C[C@@H](O)CC[C@]4(C)[C@H]3CC[C@]12C)S(=O)[O-]. The number of allylic oxidation sites excluding steroid dienone is 1. The van der Waals surface area contributed by atoms with Gasteiger partial charge in [-0.05, 0) is 111 Å². The van der Waals surface area contributed by atoms with Crippen LogP contribution < -0.4 is 0 Å². The van der Waals surface area contributed by atoms with Gasteiger partial charge in [-0.1, -0.05) is 57.3 Å². The van der Waals surface area contributed by atoms with Crippen LogP contribution in [-0.2, 0) is 11.1 Å². The predicted molar refractivity (Wildman–Crippen MR) is 127 cm³/mol. The van der Waals surface area contributed by atoms with Crippen molar-refractivity contribution < 1.29 is 13.9 Å². The molecule has 3 nitrogen and oxygen atoms in total. The van der Waals surface area contributed by atoms with Gasteiger partial charge in [-0.15, -0.1) is 0 Å². The molecule has 4 heteroatoms. The summed E-state index contributed by atoms with van der Waals surface area (Å²) in [5.74, 6) is 3.55. The summed E-state index contributed by atoms with van der Waals surface area (Å²) in [7, 11) is 0. The summed E-state index contributed by atoms with van der Waals surface area (Å²) >= 11 is -1.98. The molecule has 0 amide bonds. The summed E-state index contributed by atoms with van der Waals surface area (Å²) in [5.41, 5.74) is 2.10. The van der Waals surface area contributed by atoms with E-state index in [0.29, 0.717) is 11.8 Å². The molecule has 0 aromatic heterocycles. The monoisotopic (exact) mass is 449 g/mol. The van der Waals surface area contributed by atoms with Gasteiger partial charge in [0, 0.05) is 5.25 Å². The van der Waals surface area contributed by atoms with E-state index >= 15 is 0 Å². The third kappa shape index (κ3) is 4.12. The summed E-state index contributed by atoms with van der Waals surface area (Å²) in [6, 6.07) is 0. The van der Waals surface area contributed by atoms with E-state index in [9.17, 15) is 13.9 Å². The van der Waals surface area contributed by atoms with Crippen LogP contribution in [0.15, 0.2) is 11.6 Å². The lowest BCUT2D eigenvalue weighted by molar-refractivity contribution is -0.0570. The molecule has 31 heavy (non-hydrogen) atoms. The van der Waals surface area contributed by atoms with Crippen molar-refractivity contribution in [1.29, 1.82) is 0 Å². The number of hydrogen-bond donors (Lipinski definition) is 1. The Morgan fingerprint density at radius 3 is 2.52 bits per heavy atom. The standard InChI is InChI=1S/C27H46O3S/c1-17(2)6-11-25(31(29)30)18(3)22-9-10-23-21-8-7-19-16-20(28)12-14-26(19,4)24(21)13-15-27(22,23)5/h7,17-18,20-25,28H,6,8-16H2,1-5H3,(H,29,30)/p-1/t18-,20-,21-,22+,23-,24-,25?,26-,27+/m0/s1. The van der Waals surface area contributed by atoms with Gasteiger partial charge < -0.3 is 9.66 Å². The molecule has 0 radical (unpaired) electrons. The van der Waals surface area contributed by atoms with Crippen molar-refractivity contribution in [3.63, 3.8) is 0 Å². The molecule has 178 valence electrons. The Morgan fingerprint density at radius 1 is 1.10 bits per heavy atom. The van der Waals surface area contributed by atoms with Crippen LogP contribution in [0.4, 0.5) is 0 Å². The Labute approximate surface area is 193 Å². The molecule has 4 rings (SSSR count). The van der Waals surface area contributed by atoms with E-state index in [1.54, 1.807) is 0 Å². The lowest BCUT2D eigenvalue weighted by Gasteiger charge is -2.58. The van der Waals surface area contributed by atoms with E-state index in [2.05, 4.69) is 40.7 Å². The second-order valence-electron chi connectivity index (χ2n) is 12.5. The lowest BCUT2D eigenvalue weighted by Crippen LogP contribution is -2.51. The molecular weight excluding hydrogens is 404 g/mol. The minimum absolute atomic E-state index is 0.142. The van der Waals surface area contributed by atoms with Crippen LogP contribution in [0.25, 0.3) is 0 Å². The Bertz CT molecular complexity index is 717. The maximum Gasteiger partial charge on any atom is 0.0577 e. The van der Waals surface area contributed by atoms with Crippen molar-refractivity contribution in [2.75, 3.05) is 0 Å². The molecule has 0 spiro atoms. The Balaban J connectivity index is 1.55. The van der Waals surface area contributed by atoms with E-state index < -0.39 is 11.1 Å². The van der Waals surface area contributed by atoms with E-state index in [0.717, 1.165) is 49.9 Å². The first kappa shape index (κ1) is 24.0. The fourth-order valence-electron chi connectivity index (χ4n) is 8.84. The van der Waals surface area contributed by atoms with Crippen LogP contribution in [-0.4, -0.2) is 25.2 Å². The number of rotatable bonds is 6. The summed E-state index contributed by atoms with van der Waals surface area (Å²) in [6.07, 6.45) is 13.3. The summed E-state index contributed by atoms with van der Waals surface area (Å²) < 4.78 is 24.4. The van der Waals surface area contributed by atoms with E-state index in [1.165, 1.54) is 37.7 Å². The van der Waals surface area contributed by atoms with Gasteiger partial charge in [0.25, 0.3) is 0 Å². The first-order valence-corrected chi connectivity index (χ1v) is 14.2. The number of aliphatic hydroxyl groups is 1. The maximum absolute atomic E-state index is 12.2. The molecule has 0 aliphatic heterocycles. The first-order chi connectivity index (χ1) is 14.6. The van der Waals surface area contributed by atoms with Crippen LogP contribution in [0.2, 0.25) is 0 Å². The van der Waals surface area contributed by atoms with Crippen molar-refractivity contribution in [2.24, 2.45) is 46.3 Å². The van der Waals surface area contributed by atoms with Gasteiger partial charge in [-0.2, -0.15) is 0 Å². The molecule has 3 saturated carbocycles. The zero-order valence-corrected chi connectivity index (χ0v) is 21.3. The maximum atomic E-state index is 12.2. The van der Waals surface area contributed by atoms with Gasteiger partial charge in [0.15, 0.2) is 0 Å². The zero-order valence-electron chi connectivity index (χ0n) is 20.4. The van der Waals surface area contributed by atoms with Gasteiger partial charge in [0.05, 0.1) is 6.10 Å². The van der Waals surface area contributed by atoms with E-state index in [-0.39, 0.29) is 28.1 Å². The minimum atomic E-state index is -1.98. The van der Waals surface area contributed by atoms with Crippen LogP contribution >= 0.6 is 0 Å². The minimum Gasteiger partial charge on any atom is -0.772 e.